The van der Waals surface area contributed by atoms with Gasteiger partial charge < -0.3 is 4.74 Å². The molecule has 0 aliphatic heterocycles. The lowest BCUT2D eigenvalue weighted by Gasteiger charge is -2.04. The van der Waals surface area contributed by atoms with Crippen LogP contribution in [0.5, 0.6) is 0 Å². The molecule has 0 aromatic heterocycles. The van der Waals surface area contributed by atoms with Crippen LogP contribution in [0, 0.1) is 18.6 Å². The van der Waals surface area contributed by atoms with Crippen LogP contribution in [0.3, 0.4) is 0 Å². The van der Waals surface area contributed by atoms with E-state index in [1.165, 1.54) is 0 Å². The van der Waals surface area contributed by atoms with Crippen molar-refractivity contribution in [3.8, 4) is 11.7 Å². The van der Waals surface area contributed by atoms with Crippen molar-refractivity contribution >= 4 is 27.7 Å². The molecule has 0 saturated heterocycles. The Labute approximate surface area is 120 Å². The van der Waals surface area contributed by atoms with Gasteiger partial charge in [-0.15, -0.1) is 0 Å². The lowest BCUT2D eigenvalue weighted by atomic mass is 10.2. The van der Waals surface area contributed by atoms with E-state index < -0.39 is 16.9 Å². The van der Waals surface area contributed by atoms with Crippen molar-refractivity contribution in [1.29, 1.82) is 0 Å². The summed E-state index contributed by atoms with van der Waals surface area (Å²) in [4.78, 5) is 0.296. The van der Waals surface area contributed by atoms with Crippen LogP contribution in [0.4, 0.5) is 0 Å². The van der Waals surface area contributed by atoms with Gasteiger partial charge in [-0.1, -0.05) is 42.9 Å². The SMILES string of the molecule is Cc1ccc(S(=O)(=O)SCOC#C[Si](C)(C)C)cc1. The minimum atomic E-state index is -3.36. The van der Waals surface area contributed by atoms with Crippen molar-refractivity contribution < 1.29 is 13.2 Å². The van der Waals surface area contributed by atoms with Crippen LogP contribution in [-0.4, -0.2) is 22.4 Å². The molecule has 6 heteroatoms. The molecule has 0 bridgehead atoms. The summed E-state index contributed by atoms with van der Waals surface area (Å²) in [6, 6.07) is 6.76. The van der Waals surface area contributed by atoms with Gasteiger partial charge in [-0.3, -0.25) is 0 Å². The van der Waals surface area contributed by atoms with Gasteiger partial charge in [-0.25, -0.2) is 8.42 Å². The number of rotatable bonds is 4. The Kier molecular flexibility index (Phi) is 5.53. The molecule has 1 rings (SSSR count). The third-order valence-electron chi connectivity index (χ3n) is 2.07. The minimum absolute atomic E-state index is 0.0215. The van der Waals surface area contributed by atoms with E-state index in [4.69, 9.17) is 4.74 Å². The van der Waals surface area contributed by atoms with Crippen LogP contribution in [0.2, 0.25) is 19.6 Å². The summed E-state index contributed by atoms with van der Waals surface area (Å²) in [6.45, 7) is 8.21. The highest BCUT2D eigenvalue weighted by atomic mass is 33.1. The van der Waals surface area contributed by atoms with Crippen molar-refractivity contribution in [2.75, 3.05) is 5.94 Å². The van der Waals surface area contributed by atoms with Crippen LogP contribution in [0.15, 0.2) is 29.2 Å². The van der Waals surface area contributed by atoms with Crippen LogP contribution >= 0.6 is 10.8 Å². The zero-order chi connectivity index (χ0) is 14.5. The molecule has 0 aliphatic carbocycles. The standard InChI is InChI=1S/C13H18O3S2Si/c1-12-5-7-13(8-6-12)18(14,15)17-11-16-9-10-19(2,3)4/h5-8H,11H2,1-4H3. The maximum Gasteiger partial charge on any atom is 0.233 e. The fourth-order valence-corrected chi connectivity index (χ4v) is 3.56. The molecule has 0 N–H and O–H groups in total. The third-order valence-corrected chi connectivity index (χ3v) is 6.09. The molecule has 0 fully saturated rings. The monoisotopic (exact) mass is 314 g/mol. The summed E-state index contributed by atoms with van der Waals surface area (Å²) in [7, 11) is -4.07. The Hall–Kier alpha value is -0.903. The highest BCUT2D eigenvalue weighted by Gasteiger charge is 2.15. The van der Waals surface area contributed by atoms with Crippen LogP contribution < -0.4 is 0 Å². The largest absolute Gasteiger partial charge is 0.435 e. The number of ether oxygens (including phenoxy) is 1. The molecule has 104 valence electrons. The molecule has 0 unspecified atom stereocenters. The van der Waals surface area contributed by atoms with Gasteiger partial charge in [0.2, 0.25) is 8.87 Å². The van der Waals surface area contributed by atoms with E-state index in [1.807, 2.05) is 6.92 Å². The van der Waals surface area contributed by atoms with Crippen LogP contribution in [0.1, 0.15) is 5.56 Å². The number of hydrogen-bond acceptors (Lipinski definition) is 4. The first-order chi connectivity index (χ1) is 8.71. The van der Waals surface area contributed by atoms with Gasteiger partial charge in [0.25, 0.3) is 0 Å². The third kappa shape index (κ3) is 6.19. The summed E-state index contributed by atoms with van der Waals surface area (Å²) >= 11 is 0. The molecule has 1 aromatic rings. The summed E-state index contributed by atoms with van der Waals surface area (Å²) in [5, 5.41) is 0. The Balaban J connectivity index is 2.57. The van der Waals surface area contributed by atoms with E-state index in [0.717, 1.165) is 16.4 Å². The number of hydrogen-bond donors (Lipinski definition) is 0. The van der Waals surface area contributed by atoms with Crippen molar-refractivity contribution in [1.82, 2.24) is 0 Å². The Morgan fingerprint density at radius 1 is 1.21 bits per heavy atom. The van der Waals surface area contributed by atoms with E-state index in [-0.39, 0.29) is 5.94 Å². The molecule has 0 aliphatic rings. The van der Waals surface area contributed by atoms with E-state index >= 15 is 0 Å². The quantitative estimate of drug-likeness (QED) is 0.281. The van der Waals surface area contributed by atoms with Gasteiger partial charge in [0, 0.05) is 10.8 Å². The molecule has 0 heterocycles. The topological polar surface area (TPSA) is 43.4 Å². The Bertz CT molecular complexity index is 575. The lowest BCUT2D eigenvalue weighted by molar-refractivity contribution is 0.352. The predicted octanol–water partition coefficient (Wildman–Crippen LogP) is 3.23. The van der Waals surface area contributed by atoms with Gasteiger partial charge in [-0.2, -0.15) is 0 Å². The fourth-order valence-electron chi connectivity index (χ4n) is 1.08. The van der Waals surface area contributed by atoms with Gasteiger partial charge in [-0.05, 0) is 19.1 Å². The maximum absolute atomic E-state index is 11.9. The summed E-state index contributed by atoms with van der Waals surface area (Å²) in [5.74, 6) is 0.0215. The average Bonchev–Trinajstić information content (AvgIpc) is 2.27. The Morgan fingerprint density at radius 2 is 1.79 bits per heavy atom. The van der Waals surface area contributed by atoms with Crippen molar-refractivity contribution in [3.05, 3.63) is 29.8 Å². The molecule has 19 heavy (non-hydrogen) atoms. The molecule has 0 amide bonds. The van der Waals surface area contributed by atoms with Gasteiger partial charge in [0.05, 0.1) is 4.90 Å². The van der Waals surface area contributed by atoms with E-state index in [0.29, 0.717) is 4.90 Å². The van der Waals surface area contributed by atoms with Crippen LogP contribution in [0.25, 0.3) is 0 Å². The molecule has 0 saturated carbocycles. The normalized spacial score (nSPS) is 11.6. The molecule has 1 aromatic carbocycles. The second-order valence-electron chi connectivity index (χ2n) is 5.12. The lowest BCUT2D eigenvalue weighted by Crippen LogP contribution is -2.16. The van der Waals surface area contributed by atoms with E-state index in [2.05, 4.69) is 31.3 Å². The predicted molar refractivity (Wildman–Crippen MR) is 83.0 cm³/mol. The van der Waals surface area contributed by atoms with Gasteiger partial charge in [0.15, 0.2) is 5.94 Å². The molecule has 0 spiro atoms. The molecule has 0 radical (unpaired) electrons. The second kappa shape index (κ2) is 6.50. The second-order valence-corrected chi connectivity index (χ2v) is 13.7. The van der Waals surface area contributed by atoms with E-state index in [1.54, 1.807) is 24.3 Å². The van der Waals surface area contributed by atoms with Crippen molar-refractivity contribution in [2.24, 2.45) is 0 Å². The minimum Gasteiger partial charge on any atom is -0.435 e. The smallest absolute Gasteiger partial charge is 0.233 e. The Morgan fingerprint density at radius 3 is 2.32 bits per heavy atom. The maximum atomic E-state index is 11.9. The molecule has 3 nitrogen and oxygen atoms in total. The molecular weight excluding hydrogens is 296 g/mol. The highest BCUT2D eigenvalue weighted by Crippen LogP contribution is 2.23. The van der Waals surface area contributed by atoms with Crippen LogP contribution in [-0.2, 0) is 13.6 Å². The summed E-state index contributed by atoms with van der Waals surface area (Å²) < 4.78 is 28.9. The average molecular weight is 315 g/mol. The summed E-state index contributed by atoms with van der Waals surface area (Å²) in [6.07, 6.45) is 2.58. The first-order valence-corrected chi connectivity index (χ1v) is 12.3. The first-order valence-electron chi connectivity index (χ1n) is 5.81. The highest BCUT2D eigenvalue weighted by molar-refractivity contribution is 8.72. The van der Waals surface area contributed by atoms with Crippen molar-refractivity contribution in [3.63, 3.8) is 0 Å². The van der Waals surface area contributed by atoms with Gasteiger partial charge >= 0.3 is 0 Å². The zero-order valence-electron chi connectivity index (χ0n) is 11.6. The van der Waals surface area contributed by atoms with Gasteiger partial charge in [0.1, 0.15) is 14.2 Å². The number of benzene rings is 1. The van der Waals surface area contributed by atoms with Crippen molar-refractivity contribution in [2.45, 2.75) is 31.5 Å². The number of aryl methyl sites for hydroxylation is 1. The molecular formula is C13H18O3S2Si. The molecule has 0 atom stereocenters. The van der Waals surface area contributed by atoms with E-state index in [9.17, 15) is 8.42 Å². The summed E-state index contributed by atoms with van der Waals surface area (Å²) in [5.41, 5.74) is 4.04. The zero-order valence-corrected chi connectivity index (χ0v) is 14.2. The fraction of sp³-hybridized carbons (Fsp3) is 0.385. The first kappa shape index (κ1) is 16.2.